The van der Waals surface area contributed by atoms with Gasteiger partial charge >= 0.3 is 0 Å². The highest BCUT2D eigenvalue weighted by Crippen LogP contribution is 2.22. The summed E-state index contributed by atoms with van der Waals surface area (Å²) in [7, 11) is 1.82. The molecule has 0 heterocycles. The van der Waals surface area contributed by atoms with Crippen molar-refractivity contribution in [3.63, 3.8) is 0 Å². The Labute approximate surface area is 127 Å². The summed E-state index contributed by atoms with van der Waals surface area (Å²) < 4.78 is 5.53. The zero-order chi connectivity index (χ0) is 14.5. The van der Waals surface area contributed by atoms with Crippen molar-refractivity contribution in [3.8, 4) is 11.1 Å². The van der Waals surface area contributed by atoms with Crippen LogP contribution in [-0.4, -0.2) is 19.3 Å². The van der Waals surface area contributed by atoms with E-state index in [1.165, 1.54) is 36.0 Å². The first-order valence-electron chi connectivity index (χ1n) is 7.77. The van der Waals surface area contributed by atoms with Gasteiger partial charge in [-0.3, -0.25) is 0 Å². The first kappa shape index (κ1) is 14.3. The normalized spacial score (nSPS) is 21.6. The van der Waals surface area contributed by atoms with Gasteiger partial charge in [0.2, 0.25) is 0 Å². The van der Waals surface area contributed by atoms with Crippen molar-refractivity contribution in [2.24, 2.45) is 0 Å². The second-order valence-electron chi connectivity index (χ2n) is 5.76. The molecule has 2 unspecified atom stereocenters. The van der Waals surface area contributed by atoms with Crippen LogP contribution in [0, 0.1) is 0 Å². The fourth-order valence-corrected chi connectivity index (χ4v) is 3.14. The van der Waals surface area contributed by atoms with Crippen molar-refractivity contribution in [1.29, 1.82) is 0 Å². The van der Waals surface area contributed by atoms with E-state index in [1.54, 1.807) is 0 Å². The molecule has 0 amide bonds. The lowest BCUT2D eigenvalue weighted by Gasteiger charge is -2.19. The summed E-state index contributed by atoms with van der Waals surface area (Å²) in [6.45, 7) is 0.916. The fraction of sp³-hybridized carbons (Fsp3) is 0.368. The van der Waals surface area contributed by atoms with E-state index < -0.39 is 0 Å². The quantitative estimate of drug-likeness (QED) is 0.894. The maximum absolute atomic E-state index is 5.53. The molecule has 2 atom stereocenters. The van der Waals surface area contributed by atoms with Crippen LogP contribution in [0.4, 0.5) is 0 Å². The van der Waals surface area contributed by atoms with Gasteiger partial charge in [0.05, 0.1) is 6.10 Å². The van der Waals surface area contributed by atoms with Crippen molar-refractivity contribution in [2.45, 2.75) is 38.0 Å². The molecule has 110 valence electrons. The second kappa shape index (κ2) is 6.88. The second-order valence-corrected chi connectivity index (χ2v) is 5.76. The van der Waals surface area contributed by atoms with E-state index in [4.69, 9.17) is 4.74 Å². The third kappa shape index (κ3) is 3.52. The lowest BCUT2D eigenvalue weighted by atomic mass is 10.0. The fourth-order valence-electron chi connectivity index (χ4n) is 3.14. The number of methoxy groups -OCH3 is 1. The lowest BCUT2D eigenvalue weighted by molar-refractivity contribution is 0.0847. The molecule has 1 saturated carbocycles. The predicted molar refractivity (Wildman–Crippen MR) is 87.2 cm³/mol. The maximum Gasteiger partial charge on any atom is 0.0724 e. The summed E-state index contributed by atoms with van der Waals surface area (Å²) in [6.07, 6.45) is 4.05. The van der Waals surface area contributed by atoms with Gasteiger partial charge in [0, 0.05) is 19.7 Å². The number of nitrogens with one attached hydrogen (secondary N) is 1. The van der Waals surface area contributed by atoms with Crippen molar-refractivity contribution in [3.05, 3.63) is 60.2 Å². The SMILES string of the molecule is COC1CCCC1NCc1ccc(-c2ccccc2)cc1. The molecule has 0 aromatic heterocycles. The summed E-state index contributed by atoms with van der Waals surface area (Å²) >= 11 is 0. The Hall–Kier alpha value is -1.64. The standard InChI is InChI=1S/C19H23NO/c1-21-19-9-5-8-18(19)20-14-15-10-12-17(13-11-15)16-6-3-2-4-7-16/h2-4,6-7,10-13,18-20H,5,8-9,14H2,1H3. The molecule has 2 nitrogen and oxygen atoms in total. The summed E-state index contributed by atoms with van der Waals surface area (Å²) in [6, 6.07) is 19.8. The summed E-state index contributed by atoms with van der Waals surface area (Å²) in [5.74, 6) is 0. The first-order valence-corrected chi connectivity index (χ1v) is 7.77. The third-order valence-corrected chi connectivity index (χ3v) is 4.38. The van der Waals surface area contributed by atoms with Gasteiger partial charge in [0.1, 0.15) is 0 Å². The van der Waals surface area contributed by atoms with Crippen LogP contribution in [0.2, 0.25) is 0 Å². The van der Waals surface area contributed by atoms with Crippen LogP contribution in [0.15, 0.2) is 54.6 Å². The van der Waals surface area contributed by atoms with E-state index in [0.717, 1.165) is 6.54 Å². The van der Waals surface area contributed by atoms with Gasteiger partial charge in [-0.15, -0.1) is 0 Å². The molecule has 2 aromatic carbocycles. The summed E-state index contributed by atoms with van der Waals surface area (Å²) in [4.78, 5) is 0. The molecule has 2 aromatic rings. The molecular formula is C19H23NO. The smallest absolute Gasteiger partial charge is 0.0724 e. The molecule has 1 N–H and O–H groups in total. The molecule has 0 aliphatic heterocycles. The third-order valence-electron chi connectivity index (χ3n) is 4.38. The Kier molecular flexibility index (Phi) is 4.69. The van der Waals surface area contributed by atoms with Gasteiger partial charge in [-0.05, 0) is 36.0 Å². The van der Waals surface area contributed by atoms with Crippen LogP contribution in [0.3, 0.4) is 0 Å². The topological polar surface area (TPSA) is 21.3 Å². The molecule has 2 heteroatoms. The van der Waals surface area contributed by atoms with Crippen LogP contribution >= 0.6 is 0 Å². The maximum atomic E-state index is 5.53. The Bertz CT molecular complexity index is 550. The summed E-state index contributed by atoms with van der Waals surface area (Å²) in [5.41, 5.74) is 3.87. The molecule has 0 radical (unpaired) electrons. The minimum Gasteiger partial charge on any atom is -0.380 e. The van der Waals surface area contributed by atoms with Gasteiger partial charge < -0.3 is 10.1 Å². The Morgan fingerprint density at radius 2 is 1.67 bits per heavy atom. The summed E-state index contributed by atoms with van der Waals surface area (Å²) in [5, 5.41) is 3.63. The van der Waals surface area contributed by atoms with Crippen molar-refractivity contribution >= 4 is 0 Å². The van der Waals surface area contributed by atoms with Crippen LogP contribution in [0.1, 0.15) is 24.8 Å². The van der Waals surface area contributed by atoms with Gasteiger partial charge in [0.25, 0.3) is 0 Å². The van der Waals surface area contributed by atoms with E-state index in [9.17, 15) is 0 Å². The highest BCUT2D eigenvalue weighted by atomic mass is 16.5. The van der Waals surface area contributed by atoms with E-state index in [0.29, 0.717) is 12.1 Å². The van der Waals surface area contributed by atoms with E-state index >= 15 is 0 Å². The number of benzene rings is 2. The molecule has 1 aliphatic carbocycles. The molecule has 3 rings (SSSR count). The van der Waals surface area contributed by atoms with Gasteiger partial charge in [-0.25, -0.2) is 0 Å². The minimum atomic E-state index is 0.383. The number of ether oxygens (including phenoxy) is 1. The van der Waals surface area contributed by atoms with E-state index in [2.05, 4.69) is 59.9 Å². The monoisotopic (exact) mass is 281 g/mol. The molecule has 1 aliphatic rings. The van der Waals surface area contributed by atoms with Crippen molar-refractivity contribution in [1.82, 2.24) is 5.32 Å². The van der Waals surface area contributed by atoms with Crippen molar-refractivity contribution in [2.75, 3.05) is 7.11 Å². The van der Waals surface area contributed by atoms with Crippen LogP contribution in [0.5, 0.6) is 0 Å². The van der Waals surface area contributed by atoms with Crippen LogP contribution in [0.25, 0.3) is 11.1 Å². The minimum absolute atomic E-state index is 0.383. The Balaban J connectivity index is 1.60. The van der Waals surface area contributed by atoms with Crippen LogP contribution in [-0.2, 0) is 11.3 Å². The lowest BCUT2D eigenvalue weighted by Crippen LogP contribution is -2.36. The molecule has 1 fully saturated rings. The predicted octanol–water partition coefficient (Wildman–Crippen LogP) is 4.01. The van der Waals surface area contributed by atoms with Gasteiger partial charge in [0.15, 0.2) is 0 Å². The number of rotatable bonds is 5. The van der Waals surface area contributed by atoms with Gasteiger partial charge in [-0.2, -0.15) is 0 Å². The highest BCUT2D eigenvalue weighted by molar-refractivity contribution is 5.63. The molecular weight excluding hydrogens is 258 g/mol. The number of hydrogen-bond acceptors (Lipinski definition) is 2. The largest absolute Gasteiger partial charge is 0.380 e. The Morgan fingerprint density at radius 1 is 0.952 bits per heavy atom. The zero-order valence-corrected chi connectivity index (χ0v) is 12.6. The molecule has 21 heavy (non-hydrogen) atoms. The van der Waals surface area contributed by atoms with Gasteiger partial charge in [-0.1, -0.05) is 54.6 Å². The average Bonchev–Trinajstić information content (AvgIpc) is 3.02. The highest BCUT2D eigenvalue weighted by Gasteiger charge is 2.26. The van der Waals surface area contributed by atoms with E-state index in [-0.39, 0.29) is 0 Å². The average molecular weight is 281 g/mol. The molecule has 0 saturated heterocycles. The molecule has 0 bridgehead atoms. The molecule has 0 spiro atoms. The zero-order valence-electron chi connectivity index (χ0n) is 12.6. The first-order chi connectivity index (χ1) is 10.4. The van der Waals surface area contributed by atoms with E-state index in [1.807, 2.05) is 7.11 Å². The van der Waals surface area contributed by atoms with Crippen LogP contribution < -0.4 is 5.32 Å². The Morgan fingerprint density at radius 3 is 2.38 bits per heavy atom. The number of hydrogen-bond donors (Lipinski definition) is 1. The van der Waals surface area contributed by atoms with Crippen molar-refractivity contribution < 1.29 is 4.74 Å².